The second-order valence-electron chi connectivity index (χ2n) is 8.10. The van der Waals surface area contributed by atoms with E-state index in [1.54, 1.807) is 18.9 Å². The number of benzene rings is 1. The maximum absolute atomic E-state index is 12.5. The van der Waals surface area contributed by atoms with Gasteiger partial charge in [-0.25, -0.2) is 9.59 Å². The first kappa shape index (κ1) is 27.0. The van der Waals surface area contributed by atoms with Crippen LogP contribution >= 0.6 is 11.3 Å². The van der Waals surface area contributed by atoms with E-state index in [9.17, 15) is 19.2 Å². The fourth-order valence-corrected chi connectivity index (χ4v) is 4.73. The van der Waals surface area contributed by atoms with Gasteiger partial charge in [0.2, 0.25) is 11.8 Å². The minimum atomic E-state index is -0.658. The zero-order chi connectivity index (χ0) is 25.6. The fourth-order valence-electron chi connectivity index (χ4n) is 3.60. The first-order valence-corrected chi connectivity index (χ1v) is 11.5. The summed E-state index contributed by atoms with van der Waals surface area (Å²) >= 11 is 0.956. The Hall–Kier alpha value is -3.24. The Morgan fingerprint density at radius 1 is 0.912 bits per heavy atom. The summed E-state index contributed by atoms with van der Waals surface area (Å²) in [5.41, 5.74) is 4.42. The van der Waals surface area contributed by atoms with Gasteiger partial charge < -0.3 is 20.1 Å². The van der Waals surface area contributed by atoms with Gasteiger partial charge >= 0.3 is 11.9 Å². The smallest absolute Gasteiger partial charge is 0.348 e. The zero-order valence-electron chi connectivity index (χ0n) is 20.6. The third-order valence-corrected chi connectivity index (χ3v) is 6.42. The van der Waals surface area contributed by atoms with Gasteiger partial charge in [-0.2, -0.15) is 0 Å². The molecule has 1 aromatic heterocycles. The largest absolute Gasteiger partial charge is 0.465 e. The normalized spacial score (nSPS) is 10.7. The number of nitrogens with one attached hydrogen (secondary N) is 2. The highest BCUT2D eigenvalue weighted by Crippen LogP contribution is 2.34. The Bertz CT molecular complexity index is 1090. The van der Waals surface area contributed by atoms with E-state index in [1.165, 1.54) is 14.2 Å². The molecule has 0 saturated carbocycles. The quantitative estimate of drug-likeness (QED) is 0.519. The van der Waals surface area contributed by atoms with Gasteiger partial charge in [-0.15, -0.1) is 11.3 Å². The number of carbonyl (C=O) groups is 4. The molecule has 0 aliphatic heterocycles. The summed E-state index contributed by atoms with van der Waals surface area (Å²) in [6.45, 7) is 7.92. The highest BCUT2D eigenvalue weighted by molar-refractivity contribution is 7.18. The maximum Gasteiger partial charge on any atom is 0.348 e. The highest BCUT2D eigenvalue weighted by Gasteiger charge is 2.26. The molecule has 0 unspecified atom stereocenters. The van der Waals surface area contributed by atoms with Gasteiger partial charge in [-0.1, -0.05) is 17.7 Å². The summed E-state index contributed by atoms with van der Waals surface area (Å²) in [6.07, 6.45) is 0.0808. The molecule has 2 amide bonds. The molecule has 0 atom stereocenters. The summed E-state index contributed by atoms with van der Waals surface area (Å²) in [7, 11) is 4.21. The predicted octanol–water partition coefficient (Wildman–Crippen LogP) is 3.45. The molecule has 0 bridgehead atoms. The number of methoxy groups -OCH3 is 2. The molecule has 0 aliphatic rings. The molecular weight excluding hydrogens is 458 g/mol. The van der Waals surface area contributed by atoms with Crippen LogP contribution in [0.5, 0.6) is 0 Å². The summed E-state index contributed by atoms with van der Waals surface area (Å²) in [5.74, 6) is -1.80. The fraction of sp³-hybridized carbons (Fsp3) is 0.417. The lowest BCUT2D eigenvalue weighted by Gasteiger charge is -2.18. The van der Waals surface area contributed by atoms with Crippen LogP contribution in [0.1, 0.15) is 48.7 Å². The molecule has 0 saturated heterocycles. The summed E-state index contributed by atoms with van der Waals surface area (Å²) in [4.78, 5) is 51.1. The summed E-state index contributed by atoms with van der Waals surface area (Å²) < 4.78 is 9.54. The monoisotopic (exact) mass is 489 g/mol. The molecule has 0 spiro atoms. The van der Waals surface area contributed by atoms with Crippen LogP contribution in [-0.2, 0) is 19.1 Å². The van der Waals surface area contributed by atoms with Crippen LogP contribution in [-0.4, -0.2) is 63.0 Å². The molecule has 1 heterocycles. The molecule has 9 nitrogen and oxygen atoms in total. The van der Waals surface area contributed by atoms with Crippen LogP contribution in [0.4, 0.5) is 10.7 Å². The molecule has 10 heteroatoms. The van der Waals surface area contributed by atoms with Crippen LogP contribution < -0.4 is 10.6 Å². The van der Waals surface area contributed by atoms with Gasteiger partial charge in [0, 0.05) is 18.7 Å². The Balaban J connectivity index is 1.98. The Morgan fingerprint density at radius 2 is 1.50 bits per heavy atom. The topological polar surface area (TPSA) is 114 Å². The number of carbonyl (C=O) groups excluding carboxylic acids is 4. The van der Waals surface area contributed by atoms with Crippen molar-refractivity contribution in [1.82, 2.24) is 4.90 Å². The number of hydrogen-bond donors (Lipinski definition) is 2. The highest BCUT2D eigenvalue weighted by atomic mass is 32.1. The van der Waals surface area contributed by atoms with Crippen molar-refractivity contribution in [3.63, 3.8) is 0 Å². The zero-order valence-corrected chi connectivity index (χ0v) is 21.4. The number of amides is 2. The molecule has 0 fully saturated rings. The minimum Gasteiger partial charge on any atom is -0.465 e. The average molecular weight is 490 g/mol. The Morgan fingerprint density at radius 3 is 2.06 bits per heavy atom. The number of hydrogen-bond acceptors (Lipinski definition) is 8. The van der Waals surface area contributed by atoms with Crippen LogP contribution in [0.25, 0.3) is 0 Å². The third-order valence-electron chi connectivity index (χ3n) is 5.24. The first-order valence-electron chi connectivity index (χ1n) is 10.6. The average Bonchev–Trinajstić information content (AvgIpc) is 3.09. The maximum atomic E-state index is 12.5. The van der Waals surface area contributed by atoms with Crippen molar-refractivity contribution >= 4 is 45.8 Å². The number of rotatable bonds is 9. The van der Waals surface area contributed by atoms with E-state index in [4.69, 9.17) is 9.47 Å². The number of aryl methyl sites for hydroxylation is 3. The van der Waals surface area contributed by atoms with E-state index >= 15 is 0 Å². The van der Waals surface area contributed by atoms with Crippen molar-refractivity contribution in [2.45, 2.75) is 34.1 Å². The third kappa shape index (κ3) is 6.64. The molecule has 34 heavy (non-hydrogen) atoms. The van der Waals surface area contributed by atoms with E-state index < -0.39 is 11.9 Å². The van der Waals surface area contributed by atoms with E-state index in [0.29, 0.717) is 12.1 Å². The number of thiophene rings is 1. The summed E-state index contributed by atoms with van der Waals surface area (Å²) in [6, 6.07) is 4.02. The standard InChI is InChI=1S/C24H31N3O6S/c1-13-10-14(2)20(15(3)11-13)25-18(29)12-27(5)9-8-17(28)26-22-19(23(30)32-6)16(4)21(34-22)24(31)33-7/h10-11H,8-9,12H2,1-7H3,(H,25,29)(H,26,28). The van der Waals surface area contributed by atoms with Crippen molar-refractivity contribution in [2.75, 3.05) is 45.0 Å². The number of ether oxygens (including phenoxy) is 2. The molecule has 2 N–H and O–H groups in total. The van der Waals surface area contributed by atoms with Crippen molar-refractivity contribution in [1.29, 1.82) is 0 Å². The van der Waals surface area contributed by atoms with Crippen LogP contribution in [0.15, 0.2) is 12.1 Å². The van der Waals surface area contributed by atoms with Gasteiger partial charge in [0.15, 0.2) is 0 Å². The van der Waals surface area contributed by atoms with Gasteiger partial charge in [0.05, 0.1) is 26.3 Å². The molecule has 2 aromatic rings. The van der Waals surface area contributed by atoms with Crippen LogP contribution in [0.3, 0.4) is 0 Å². The number of likely N-dealkylation sites (N-methyl/N-ethyl adjacent to an activating group) is 1. The molecule has 184 valence electrons. The van der Waals surface area contributed by atoms with Crippen molar-refractivity contribution in [2.24, 2.45) is 0 Å². The van der Waals surface area contributed by atoms with Crippen molar-refractivity contribution in [3.05, 3.63) is 44.8 Å². The van der Waals surface area contributed by atoms with Crippen LogP contribution in [0, 0.1) is 27.7 Å². The second-order valence-corrected chi connectivity index (χ2v) is 9.12. The molecular formula is C24H31N3O6S. The number of nitrogens with zero attached hydrogens (tertiary/aromatic N) is 1. The molecule has 1 aromatic carbocycles. The molecule has 0 aliphatic carbocycles. The summed E-state index contributed by atoms with van der Waals surface area (Å²) in [5, 5.41) is 5.84. The lowest BCUT2D eigenvalue weighted by molar-refractivity contribution is -0.119. The molecule has 0 radical (unpaired) electrons. The van der Waals surface area contributed by atoms with Gasteiger partial charge in [-0.05, 0) is 51.4 Å². The molecule has 2 rings (SSSR count). The lowest BCUT2D eigenvalue weighted by Crippen LogP contribution is -2.32. The Labute approximate surface area is 203 Å². The van der Waals surface area contributed by atoms with Gasteiger partial charge in [-0.3, -0.25) is 14.5 Å². The van der Waals surface area contributed by atoms with E-state index in [0.717, 1.165) is 33.7 Å². The first-order chi connectivity index (χ1) is 16.0. The van der Waals surface area contributed by atoms with Crippen LogP contribution in [0.2, 0.25) is 0 Å². The van der Waals surface area contributed by atoms with E-state index in [-0.39, 0.29) is 40.2 Å². The predicted molar refractivity (Wildman–Crippen MR) is 132 cm³/mol. The van der Waals surface area contributed by atoms with Crippen molar-refractivity contribution < 1.29 is 28.7 Å². The van der Waals surface area contributed by atoms with E-state index in [1.807, 2.05) is 32.9 Å². The lowest BCUT2D eigenvalue weighted by atomic mass is 10.1. The minimum absolute atomic E-state index is 0.0808. The SMILES string of the molecule is COC(=O)c1sc(NC(=O)CCN(C)CC(=O)Nc2c(C)cc(C)cc2C)c(C(=O)OC)c1C. The second kappa shape index (κ2) is 11.8. The van der Waals surface area contributed by atoms with Gasteiger partial charge in [0.25, 0.3) is 0 Å². The number of esters is 2. The van der Waals surface area contributed by atoms with E-state index in [2.05, 4.69) is 10.6 Å². The van der Waals surface area contributed by atoms with Gasteiger partial charge in [0.1, 0.15) is 9.88 Å². The Kier molecular flexibility index (Phi) is 9.34. The number of anilines is 2. The van der Waals surface area contributed by atoms with Crippen molar-refractivity contribution in [3.8, 4) is 0 Å².